The minimum Gasteiger partial charge on any atom is -0.316 e. The summed E-state index contributed by atoms with van der Waals surface area (Å²) in [6.07, 6.45) is 5.49. The van der Waals surface area contributed by atoms with Crippen LogP contribution in [0.1, 0.15) is 39.0 Å². The second kappa shape index (κ2) is 8.54. The van der Waals surface area contributed by atoms with Gasteiger partial charge in [0.2, 0.25) is 0 Å². The van der Waals surface area contributed by atoms with Crippen LogP contribution < -0.4 is 10.0 Å². The monoisotopic (exact) mass is 325 g/mol. The van der Waals surface area contributed by atoms with Gasteiger partial charge in [-0.15, -0.1) is 12.4 Å². The molecule has 7 heteroatoms. The molecule has 0 spiro atoms. The quantitative estimate of drug-likeness (QED) is 0.802. The van der Waals surface area contributed by atoms with Crippen molar-refractivity contribution in [3.05, 3.63) is 0 Å². The van der Waals surface area contributed by atoms with Crippen LogP contribution in [-0.4, -0.2) is 45.4 Å². The van der Waals surface area contributed by atoms with Gasteiger partial charge in [-0.25, -0.2) is 4.72 Å². The van der Waals surface area contributed by atoms with Gasteiger partial charge in [-0.05, 0) is 57.0 Å². The molecule has 2 unspecified atom stereocenters. The van der Waals surface area contributed by atoms with Crippen LogP contribution in [0, 0.1) is 11.8 Å². The van der Waals surface area contributed by atoms with E-state index in [0.717, 1.165) is 32.4 Å². The molecule has 2 atom stereocenters. The topological polar surface area (TPSA) is 61.4 Å². The third-order valence-corrected chi connectivity index (χ3v) is 5.78. The number of halogens is 1. The number of piperidine rings is 2. The predicted octanol–water partition coefficient (Wildman–Crippen LogP) is 1.36. The molecule has 0 amide bonds. The number of hydrogen-bond donors (Lipinski definition) is 2. The van der Waals surface area contributed by atoms with Crippen LogP contribution in [0.15, 0.2) is 0 Å². The fraction of sp³-hybridized carbons (Fsp3) is 1.00. The molecule has 0 radical (unpaired) electrons. The molecule has 0 aliphatic carbocycles. The van der Waals surface area contributed by atoms with E-state index in [4.69, 9.17) is 0 Å². The molecule has 2 heterocycles. The molecule has 0 aromatic carbocycles. The SMILES string of the molecule is CC1CCCN(S(=O)(=O)NCCC2CCCNC2)C1.Cl. The Morgan fingerprint density at radius 1 is 1.30 bits per heavy atom. The summed E-state index contributed by atoms with van der Waals surface area (Å²) in [5, 5.41) is 3.36. The van der Waals surface area contributed by atoms with Crippen molar-refractivity contribution >= 4 is 22.6 Å². The van der Waals surface area contributed by atoms with Crippen molar-refractivity contribution in [2.75, 3.05) is 32.7 Å². The van der Waals surface area contributed by atoms with Crippen LogP contribution in [0.3, 0.4) is 0 Å². The molecule has 2 aliphatic heterocycles. The second-order valence-corrected chi connectivity index (χ2v) is 7.76. The standard InChI is InChI=1S/C13H27N3O2S.ClH/c1-12-4-3-9-16(11-12)19(17,18)15-8-6-13-5-2-7-14-10-13;/h12-15H,2-11H2,1H3;1H. The van der Waals surface area contributed by atoms with E-state index in [1.54, 1.807) is 4.31 Å². The largest absolute Gasteiger partial charge is 0.316 e. The van der Waals surface area contributed by atoms with E-state index in [9.17, 15) is 8.42 Å². The summed E-state index contributed by atoms with van der Waals surface area (Å²) in [5.41, 5.74) is 0. The first-order valence-electron chi connectivity index (χ1n) is 7.53. The maximum Gasteiger partial charge on any atom is 0.279 e. The van der Waals surface area contributed by atoms with Crippen LogP contribution in [-0.2, 0) is 10.2 Å². The summed E-state index contributed by atoms with van der Waals surface area (Å²) < 4.78 is 28.7. The first kappa shape index (κ1) is 18.2. The number of rotatable bonds is 5. The summed E-state index contributed by atoms with van der Waals surface area (Å²) in [6, 6.07) is 0. The van der Waals surface area contributed by atoms with E-state index < -0.39 is 10.2 Å². The van der Waals surface area contributed by atoms with Gasteiger partial charge in [0.05, 0.1) is 0 Å². The van der Waals surface area contributed by atoms with Crippen molar-refractivity contribution in [1.82, 2.24) is 14.3 Å². The lowest BCUT2D eigenvalue weighted by molar-refractivity contribution is 0.277. The van der Waals surface area contributed by atoms with Crippen molar-refractivity contribution in [2.24, 2.45) is 11.8 Å². The Kier molecular flexibility index (Phi) is 7.75. The molecule has 0 saturated carbocycles. The van der Waals surface area contributed by atoms with Crippen molar-refractivity contribution in [3.63, 3.8) is 0 Å². The molecule has 2 saturated heterocycles. The highest BCUT2D eigenvalue weighted by Gasteiger charge is 2.26. The lowest BCUT2D eigenvalue weighted by atomic mass is 9.96. The zero-order valence-electron chi connectivity index (χ0n) is 12.3. The van der Waals surface area contributed by atoms with Gasteiger partial charge < -0.3 is 5.32 Å². The fourth-order valence-electron chi connectivity index (χ4n) is 3.02. The zero-order valence-corrected chi connectivity index (χ0v) is 13.9. The molecular formula is C13H28ClN3O2S. The molecule has 2 rings (SSSR count). The summed E-state index contributed by atoms with van der Waals surface area (Å²) in [7, 11) is -3.25. The predicted molar refractivity (Wildman–Crippen MR) is 84.4 cm³/mol. The molecule has 20 heavy (non-hydrogen) atoms. The smallest absolute Gasteiger partial charge is 0.279 e. The average molecular weight is 326 g/mol. The normalized spacial score (nSPS) is 28.9. The van der Waals surface area contributed by atoms with Crippen LogP contribution in [0.5, 0.6) is 0 Å². The Morgan fingerprint density at radius 3 is 2.75 bits per heavy atom. The summed E-state index contributed by atoms with van der Waals surface area (Å²) in [4.78, 5) is 0. The van der Waals surface area contributed by atoms with Crippen LogP contribution in [0.25, 0.3) is 0 Å². The molecular weight excluding hydrogens is 298 g/mol. The van der Waals surface area contributed by atoms with Gasteiger partial charge in [-0.2, -0.15) is 12.7 Å². The Labute approximate surface area is 129 Å². The Morgan fingerprint density at radius 2 is 2.10 bits per heavy atom. The number of nitrogens with one attached hydrogen (secondary N) is 2. The van der Waals surface area contributed by atoms with Gasteiger partial charge in [0.25, 0.3) is 10.2 Å². The van der Waals surface area contributed by atoms with E-state index in [1.165, 1.54) is 12.8 Å². The average Bonchev–Trinajstić information content (AvgIpc) is 2.40. The summed E-state index contributed by atoms with van der Waals surface area (Å²) in [6.45, 7) is 6.16. The Balaban J connectivity index is 0.00000200. The van der Waals surface area contributed by atoms with Crippen LogP contribution >= 0.6 is 12.4 Å². The third kappa shape index (κ3) is 5.48. The van der Waals surface area contributed by atoms with Crippen LogP contribution in [0.4, 0.5) is 0 Å². The highest BCUT2D eigenvalue weighted by Crippen LogP contribution is 2.18. The van der Waals surface area contributed by atoms with E-state index in [2.05, 4.69) is 17.0 Å². The highest BCUT2D eigenvalue weighted by molar-refractivity contribution is 7.87. The van der Waals surface area contributed by atoms with Gasteiger partial charge in [0, 0.05) is 19.6 Å². The molecule has 2 N–H and O–H groups in total. The molecule has 0 aromatic rings. The number of hydrogen-bond acceptors (Lipinski definition) is 3. The molecule has 5 nitrogen and oxygen atoms in total. The highest BCUT2D eigenvalue weighted by atomic mass is 35.5. The molecule has 2 fully saturated rings. The van der Waals surface area contributed by atoms with Gasteiger partial charge in [0.15, 0.2) is 0 Å². The van der Waals surface area contributed by atoms with Gasteiger partial charge in [0.1, 0.15) is 0 Å². The minimum absolute atomic E-state index is 0. The molecule has 0 aromatic heterocycles. The van der Waals surface area contributed by atoms with E-state index >= 15 is 0 Å². The van der Waals surface area contributed by atoms with Gasteiger partial charge in [-0.1, -0.05) is 6.92 Å². The van der Waals surface area contributed by atoms with Gasteiger partial charge in [-0.3, -0.25) is 0 Å². The molecule has 2 aliphatic rings. The van der Waals surface area contributed by atoms with Crippen LogP contribution in [0.2, 0.25) is 0 Å². The Bertz CT molecular complexity index is 372. The lowest BCUT2D eigenvalue weighted by Crippen LogP contribution is -2.46. The van der Waals surface area contributed by atoms with E-state index in [-0.39, 0.29) is 12.4 Å². The van der Waals surface area contributed by atoms with E-state index in [1.807, 2.05) is 0 Å². The third-order valence-electron chi connectivity index (χ3n) is 4.20. The second-order valence-electron chi connectivity index (χ2n) is 6.01. The minimum atomic E-state index is -3.25. The summed E-state index contributed by atoms with van der Waals surface area (Å²) >= 11 is 0. The van der Waals surface area contributed by atoms with E-state index in [0.29, 0.717) is 31.5 Å². The lowest BCUT2D eigenvalue weighted by Gasteiger charge is -2.30. The molecule has 0 bridgehead atoms. The fourth-order valence-corrected chi connectivity index (χ4v) is 4.40. The summed E-state index contributed by atoms with van der Waals surface area (Å²) in [5.74, 6) is 1.10. The Hall–Kier alpha value is 0.120. The van der Waals surface area contributed by atoms with Crippen molar-refractivity contribution < 1.29 is 8.42 Å². The maximum atomic E-state index is 12.2. The van der Waals surface area contributed by atoms with Crippen molar-refractivity contribution in [2.45, 2.75) is 39.0 Å². The van der Waals surface area contributed by atoms with Crippen molar-refractivity contribution in [1.29, 1.82) is 0 Å². The first-order valence-corrected chi connectivity index (χ1v) is 8.97. The number of nitrogens with zero attached hydrogens (tertiary/aromatic N) is 1. The van der Waals surface area contributed by atoms with Crippen molar-refractivity contribution in [3.8, 4) is 0 Å². The first-order chi connectivity index (χ1) is 9.08. The van der Waals surface area contributed by atoms with Gasteiger partial charge >= 0.3 is 0 Å². The zero-order chi connectivity index (χ0) is 13.7. The molecule has 120 valence electrons. The maximum absolute atomic E-state index is 12.2.